The Hall–Kier alpha value is -0.290. The molecule has 0 aromatic heterocycles. The van der Waals surface area contributed by atoms with Gasteiger partial charge >= 0.3 is 9.24 Å². The lowest BCUT2D eigenvalue weighted by molar-refractivity contribution is -0.146. The summed E-state index contributed by atoms with van der Waals surface area (Å²) in [5.74, 6) is -0.351. The number of carbonyl (C=O) groups excluding carboxylic acids is 1. The Morgan fingerprint density at radius 3 is 2.00 bits per heavy atom. The van der Waals surface area contributed by atoms with Crippen molar-refractivity contribution in [3.63, 3.8) is 0 Å². The Labute approximate surface area is 101 Å². The van der Waals surface area contributed by atoms with E-state index < -0.39 is 14.8 Å². The monoisotopic (exact) mass is 265 g/mol. The second-order valence-corrected chi connectivity index (χ2v) is 7.13. The molecule has 1 heterocycles. The van der Waals surface area contributed by atoms with Crippen molar-refractivity contribution < 1.29 is 13.2 Å². The van der Waals surface area contributed by atoms with Crippen molar-refractivity contribution >= 4 is 25.8 Å². The van der Waals surface area contributed by atoms with Crippen molar-refractivity contribution in [1.29, 1.82) is 0 Å². The first-order valence-electron chi connectivity index (χ1n) is 5.74. The quantitative estimate of drug-likeness (QED) is 0.539. The van der Waals surface area contributed by atoms with Crippen LogP contribution in [0.25, 0.3) is 0 Å². The van der Waals surface area contributed by atoms with E-state index in [1.807, 2.05) is 0 Å². The molecule has 0 unspecified atom stereocenters. The van der Waals surface area contributed by atoms with Crippen LogP contribution in [0, 0.1) is 0 Å². The number of amides is 1. The van der Waals surface area contributed by atoms with Crippen LogP contribution in [0.1, 0.15) is 51.4 Å². The molecule has 1 amide bonds. The zero-order valence-corrected chi connectivity index (χ0v) is 10.7. The highest BCUT2D eigenvalue weighted by molar-refractivity contribution is 8.12. The van der Waals surface area contributed by atoms with Crippen molar-refractivity contribution in [2.75, 3.05) is 0 Å². The van der Waals surface area contributed by atoms with Crippen LogP contribution in [0.2, 0.25) is 0 Å². The van der Waals surface area contributed by atoms with E-state index in [4.69, 9.17) is 10.7 Å². The van der Waals surface area contributed by atoms with Crippen molar-refractivity contribution in [2.45, 2.75) is 56.9 Å². The molecule has 0 atom stereocenters. The summed E-state index contributed by atoms with van der Waals surface area (Å²) in [6.45, 7) is 0. The summed E-state index contributed by atoms with van der Waals surface area (Å²) in [5, 5.41) is 0. The van der Waals surface area contributed by atoms with E-state index in [9.17, 15) is 13.2 Å². The summed E-state index contributed by atoms with van der Waals surface area (Å²) in [6, 6.07) is 0. The fourth-order valence-electron chi connectivity index (χ4n) is 2.89. The molecule has 0 bridgehead atoms. The van der Waals surface area contributed by atoms with Crippen molar-refractivity contribution in [3.8, 4) is 0 Å². The molecule has 1 aliphatic carbocycles. The molecule has 1 spiro atoms. The number of β-lactam (4-membered cyclic amide) rings is 1. The molecule has 0 radical (unpaired) electrons. The molecule has 0 aromatic carbocycles. The largest absolute Gasteiger partial charge is 0.324 e. The van der Waals surface area contributed by atoms with Gasteiger partial charge in [0.25, 0.3) is 0 Å². The fourth-order valence-corrected chi connectivity index (χ4v) is 4.58. The van der Waals surface area contributed by atoms with Gasteiger partial charge in [0, 0.05) is 10.7 Å². The van der Waals surface area contributed by atoms with Crippen LogP contribution < -0.4 is 0 Å². The van der Waals surface area contributed by atoms with Crippen LogP contribution in [0.15, 0.2) is 0 Å². The smallest absolute Gasteiger partial charge is 0.274 e. The molecular formula is C10H16ClNO3S. The molecule has 6 heteroatoms. The average molecular weight is 266 g/mol. The third kappa shape index (κ3) is 2.07. The lowest BCUT2D eigenvalue weighted by Crippen LogP contribution is -2.64. The predicted octanol–water partition coefficient (Wildman–Crippen LogP) is 2.19. The van der Waals surface area contributed by atoms with Gasteiger partial charge in [0.05, 0.1) is 12.0 Å². The summed E-state index contributed by atoms with van der Waals surface area (Å²) < 4.78 is 23.7. The maximum absolute atomic E-state index is 11.4. The molecule has 16 heavy (non-hydrogen) atoms. The molecule has 1 aliphatic heterocycles. The second-order valence-electron chi connectivity index (χ2n) is 4.77. The highest BCUT2D eigenvalue weighted by Crippen LogP contribution is 2.44. The van der Waals surface area contributed by atoms with E-state index in [-0.39, 0.29) is 5.91 Å². The molecule has 92 valence electrons. The number of hydrogen-bond donors (Lipinski definition) is 0. The van der Waals surface area contributed by atoms with Crippen LogP contribution in [-0.4, -0.2) is 24.2 Å². The number of halogens is 1. The highest BCUT2D eigenvalue weighted by Gasteiger charge is 2.55. The summed E-state index contributed by atoms with van der Waals surface area (Å²) in [7, 11) is 1.43. The van der Waals surface area contributed by atoms with E-state index in [1.165, 1.54) is 6.42 Å². The van der Waals surface area contributed by atoms with Gasteiger partial charge in [-0.05, 0) is 12.8 Å². The Morgan fingerprint density at radius 1 is 1.06 bits per heavy atom. The van der Waals surface area contributed by atoms with E-state index in [2.05, 4.69) is 0 Å². The number of hydrogen-bond acceptors (Lipinski definition) is 3. The minimum absolute atomic E-state index is 0.346. The molecule has 2 rings (SSSR count). The molecule has 4 nitrogen and oxygen atoms in total. The van der Waals surface area contributed by atoms with Gasteiger partial charge < -0.3 is 0 Å². The molecule has 1 saturated carbocycles. The first kappa shape index (κ1) is 12.2. The maximum Gasteiger partial charge on any atom is 0.324 e. The van der Waals surface area contributed by atoms with Crippen molar-refractivity contribution in [2.24, 2.45) is 0 Å². The van der Waals surface area contributed by atoms with Gasteiger partial charge in [-0.1, -0.05) is 32.1 Å². The van der Waals surface area contributed by atoms with E-state index in [1.54, 1.807) is 0 Å². The first-order chi connectivity index (χ1) is 7.46. The first-order valence-corrected chi connectivity index (χ1v) is 8.00. The zero-order valence-electron chi connectivity index (χ0n) is 9.12. The van der Waals surface area contributed by atoms with E-state index in [0.717, 1.165) is 42.8 Å². The highest BCUT2D eigenvalue weighted by atomic mass is 35.7. The molecule has 2 fully saturated rings. The molecule has 1 saturated heterocycles. The van der Waals surface area contributed by atoms with Crippen LogP contribution >= 0.6 is 10.7 Å². The maximum atomic E-state index is 11.4. The normalized spacial score (nSPS) is 26.1. The summed E-state index contributed by atoms with van der Waals surface area (Å²) in [5.41, 5.74) is -0.488. The number of nitrogens with zero attached hydrogens (tertiary/aromatic N) is 1. The second kappa shape index (κ2) is 4.18. The third-order valence-corrected chi connectivity index (χ3v) is 5.08. The predicted molar refractivity (Wildman–Crippen MR) is 61.3 cm³/mol. The van der Waals surface area contributed by atoms with Gasteiger partial charge in [0.15, 0.2) is 0 Å². The number of rotatable bonds is 1. The molecule has 0 N–H and O–H groups in total. The molecular weight excluding hydrogens is 250 g/mol. The lowest BCUT2D eigenvalue weighted by atomic mass is 9.76. The van der Waals surface area contributed by atoms with Gasteiger partial charge in [-0.2, -0.15) is 8.42 Å². The molecule has 2 aliphatic rings. The van der Waals surface area contributed by atoms with Crippen LogP contribution in [-0.2, 0) is 14.0 Å². The minimum Gasteiger partial charge on any atom is -0.274 e. The summed E-state index contributed by atoms with van der Waals surface area (Å²) in [4.78, 5) is 11.4. The van der Waals surface area contributed by atoms with Gasteiger partial charge in [-0.15, -0.1) is 0 Å². The van der Waals surface area contributed by atoms with Crippen LogP contribution in [0.5, 0.6) is 0 Å². The Balaban J connectivity index is 2.20. The Morgan fingerprint density at radius 2 is 1.56 bits per heavy atom. The third-order valence-electron chi connectivity index (χ3n) is 3.64. The lowest BCUT2D eigenvalue weighted by Gasteiger charge is -2.50. The summed E-state index contributed by atoms with van der Waals surface area (Å²) >= 11 is 0. The van der Waals surface area contributed by atoms with Crippen LogP contribution in [0.3, 0.4) is 0 Å². The Kier molecular flexibility index (Phi) is 3.18. The zero-order chi connectivity index (χ0) is 11.8. The fraction of sp³-hybridized carbons (Fsp3) is 0.900. The van der Waals surface area contributed by atoms with Gasteiger partial charge in [-0.25, -0.2) is 4.31 Å². The average Bonchev–Trinajstić information content (AvgIpc) is 2.05. The van der Waals surface area contributed by atoms with Gasteiger partial charge in [0.2, 0.25) is 5.91 Å². The van der Waals surface area contributed by atoms with Crippen molar-refractivity contribution in [3.05, 3.63) is 0 Å². The van der Waals surface area contributed by atoms with E-state index >= 15 is 0 Å². The summed E-state index contributed by atoms with van der Waals surface area (Å²) in [6.07, 6.45) is 7.29. The molecule has 0 aromatic rings. The Bertz CT molecular complexity index is 385. The van der Waals surface area contributed by atoms with Crippen LogP contribution in [0.4, 0.5) is 0 Å². The SMILES string of the molecule is O=C1CC2(CCCCCCC2)N1S(=O)(=O)Cl. The minimum atomic E-state index is -3.90. The van der Waals surface area contributed by atoms with E-state index in [0.29, 0.717) is 6.42 Å². The topological polar surface area (TPSA) is 54.5 Å². The van der Waals surface area contributed by atoms with Gasteiger partial charge in [-0.3, -0.25) is 4.79 Å². The van der Waals surface area contributed by atoms with Gasteiger partial charge in [0.1, 0.15) is 0 Å². The number of carbonyl (C=O) groups is 1. The standard InChI is InChI=1S/C10H16ClNO3S/c11-16(14,15)12-9(13)8-10(12)6-4-2-1-3-5-7-10/h1-8H2. The van der Waals surface area contributed by atoms with Crippen molar-refractivity contribution in [1.82, 2.24) is 4.31 Å².